The molecule has 0 spiro atoms. The van der Waals surface area contributed by atoms with Crippen LogP contribution in [0.25, 0.3) is 0 Å². The lowest BCUT2D eigenvalue weighted by molar-refractivity contribution is -0.129. The third-order valence-corrected chi connectivity index (χ3v) is 6.43. The fourth-order valence-corrected chi connectivity index (χ4v) is 4.73. The van der Waals surface area contributed by atoms with Crippen LogP contribution in [-0.4, -0.2) is 53.1 Å². The first-order valence-corrected chi connectivity index (χ1v) is 11.4. The molecule has 2 saturated heterocycles. The van der Waals surface area contributed by atoms with Crippen molar-refractivity contribution in [2.24, 2.45) is 5.92 Å². The van der Waals surface area contributed by atoms with Gasteiger partial charge >= 0.3 is 0 Å². The smallest absolute Gasteiger partial charge is 0.225 e. The lowest BCUT2D eigenvalue weighted by Gasteiger charge is -2.29. The first-order valence-electron chi connectivity index (χ1n) is 11.4. The van der Waals surface area contributed by atoms with Crippen molar-refractivity contribution in [3.8, 4) is 0 Å². The van der Waals surface area contributed by atoms with Gasteiger partial charge in [-0.1, -0.05) is 30.3 Å². The van der Waals surface area contributed by atoms with E-state index in [1.807, 2.05) is 30.3 Å². The minimum absolute atomic E-state index is 0.0775. The third kappa shape index (κ3) is 5.94. The van der Waals surface area contributed by atoms with Crippen LogP contribution in [0.4, 0.5) is 8.78 Å². The predicted octanol–water partition coefficient (Wildman–Crippen LogP) is 2.15. The van der Waals surface area contributed by atoms with E-state index in [0.29, 0.717) is 18.7 Å². The molecule has 8 heteroatoms. The lowest BCUT2D eigenvalue weighted by Crippen LogP contribution is -2.53. The molecule has 176 valence electrons. The van der Waals surface area contributed by atoms with Crippen LogP contribution in [0, 0.1) is 17.6 Å². The van der Waals surface area contributed by atoms with Gasteiger partial charge in [0, 0.05) is 31.6 Å². The zero-order chi connectivity index (χ0) is 23.4. The molecule has 4 atom stereocenters. The molecule has 0 aromatic heterocycles. The van der Waals surface area contributed by atoms with Gasteiger partial charge in [0.2, 0.25) is 11.8 Å². The molecule has 0 radical (unpaired) electrons. The van der Waals surface area contributed by atoms with E-state index in [-0.39, 0.29) is 30.7 Å². The van der Waals surface area contributed by atoms with Crippen molar-refractivity contribution in [1.82, 2.24) is 15.5 Å². The first-order chi connectivity index (χ1) is 15.9. The average molecular weight is 458 g/mol. The number of halogens is 2. The number of aliphatic hydroxyl groups excluding tert-OH is 1. The normalized spacial score (nSPS) is 22.4. The standard InChI is InChI=1S/C25H29F2N3O3/c26-19-9-17(10-20(27)13-19)11-22(24(32)21-7-4-8-28-21)29-25(33)18-12-23(31)30(15-18)14-16-5-2-1-3-6-16/h1-3,5-6,9-10,13,18,21-22,24,28,32H,4,7-8,11-12,14-15H2,(H,29,33)/t18-,21+,22-,24+/m0/s1. The molecule has 2 aromatic rings. The highest BCUT2D eigenvalue weighted by molar-refractivity contribution is 5.89. The molecule has 0 aliphatic carbocycles. The number of likely N-dealkylation sites (tertiary alicyclic amines) is 1. The molecule has 2 amide bonds. The van der Waals surface area contributed by atoms with Crippen molar-refractivity contribution in [1.29, 1.82) is 0 Å². The van der Waals surface area contributed by atoms with Crippen molar-refractivity contribution in [3.63, 3.8) is 0 Å². The monoisotopic (exact) mass is 457 g/mol. The Morgan fingerprint density at radius 1 is 1.15 bits per heavy atom. The summed E-state index contributed by atoms with van der Waals surface area (Å²) in [6.45, 7) is 1.49. The van der Waals surface area contributed by atoms with Gasteiger partial charge in [-0.05, 0) is 49.1 Å². The molecular formula is C25H29F2N3O3. The van der Waals surface area contributed by atoms with Gasteiger partial charge in [0.05, 0.1) is 18.1 Å². The Bertz CT molecular complexity index is 962. The molecule has 2 aliphatic heterocycles. The van der Waals surface area contributed by atoms with Gasteiger partial charge in [0.25, 0.3) is 0 Å². The summed E-state index contributed by atoms with van der Waals surface area (Å²) in [7, 11) is 0. The van der Waals surface area contributed by atoms with Crippen LogP contribution >= 0.6 is 0 Å². The van der Waals surface area contributed by atoms with E-state index in [4.69, 9.17) is 0 Å². The van der Waals surface area contributed by atoms with Crippen LogP contribution in [0.3, 0.4) is 0 Å². The van der Waals surface area contributed by atoms with Crippen molar-refractivity contribution >= 4 is 11.8 Å². The minimum atomic E-state index is -0.930. The minimum Gasteiger partial charge on any atom is -0.389 e. The van der Waals surface area contributed by atoms with Gasteiger partial charge in [-0.3, -0.25) is 9.59 Å². The van der Waals surface area contributed by atoms with Gasteiger partial charge in [-0.2, -0.15) is 0 Å². The van der Waals surface area contributed by atoms with Gasteiger partial charge in [0.1, 0.15) is 11.6 Å². The summed E-state index contributed by atoms with van der Waals surface area (Å²) in [6, 6.07) is 11.8. The number of amides is 2. The van der Waals surface area contributed by atoms with E-state index in [9.17, 15) is 23.5 Å². The summed E-state index contributed by atoms with van der Waals surface area (Å²) in [4.78, 5) is 27.2. The van der Waals surface area contributed by atoms with Crippen molar-refractivity contribution in [3.05, 3.63) is 71.3 Å². The number of carbonyl (C=O) groups is 2. The summed E-state index contributed by atoms with van der Waals surface area (Å²) in [6.07, 6.45) is 0.895. The second kappa shape index (κ2) is 10.4. The summed E-state index contributed by atoms with van der Waals surface area (Å²) in [5.41, 5.74) is 1.34. The highest BCUT2D eigenvalue weighted by atomic mass is 19.1. The fourth-order valence-electron chi connectivity index (χ4n) is 4.73. The van der Waals surface area contributed by atoms with Gasteiger partial charge in [0.15, 0.2) is 0 Å². The Kier molecular flexibility index (Phi) is 7.35. The van der Waals surface area contributed by atoms with Gasteiger partial charge < -0.3 is 20.6 Å². The molecular weight excluding hydrogens is 428 g/mol. The number of nitrogens with one attached hydrogen (secondary N) is 2. The van der Waals surface area contributed by atoms with Crippen LogP contribution in [0.2, 0.25) is 0 Å². The van der Waals surface area contributed by atoms with E-state index in [1.165, 1.54) is 12.1 Å². The number of nitrogens with zero attached hydrogens (tertiary/aromatic N) is 1. The maximum atomic E-state index is 13.7. The van der Waals surface area contributed by atoms with Gasteiger partial charge in [-0.15, -0.1) is 0 Å². The average Bonchev–Trinajstić information content (AvgIpc) is 3.43. The second-order valence-corrected chi connectivity index (χ2v) is 8.95. The van der Waals surface area contributed by atoms with Crippen LogP contribution in [0.1, 0.15) is 30.4 Å². The zero-order valence-electron chi connectivity index (χ0n) is 18.3. The molecule has 0 unspecified atom stereocenters. The topological polar surface area (TPSA) is 81.7 Å². The quantitative estimate of drug-likeness (QED) is 0.568. The molecule has 2 aliphatic rings. The summed E-state index contributed by atoms with van der Waals surface area (Å²) < 4.78 is 27.4. The molecule has 0 saturated carbocycles. The van der Waals surface area contributed by atoms with Gasteiger partial charge in [-0.25, -0.2) is 8.78 Å². The van der Waals surface area contributed by atoms with Crippen LogP contribution in [0.5, 0.6) is 0 Å². The second-order valence-electron chi connectivity index (χ2n) is 8.95. The number of aliphatic hydroxyl groups is 1. The van der Waals surface area contributed by atoms with E-state index in [0.717, 1.165) is 31.0 Å². The van der Waals surface area contributed by atoms with E-state index < -0.39 is 29.7 Å². The highest BCUT2D eigenvalue weighted by Gasteiger charge is 2.37. The number of benzene rings is 2. The first kappa shape index (κ1) is 23.3. The number of rotatable bonds is 8. The molecule has 33 heavy (non-hydrogen) atoms. The summed E-state index contributed by atoms with van der Waals surface area (Å²) in [5, 5.41) is 17.1. The highest BCUT2D eigenvalue weighted by Crippen LogP contribution is 2.22. The summed E-state index contributed by atoms with van der Waals surface area (Å²) >= 11 is 0. The number of hydrogen-bond acceptors (Lipinski definition) is 4. The molecule has 2 aromatic carbocycles. The maximum Gasteiger partial charge on any atom is 0.225 e. The molecule has 0 bridgehead atoms. The van der Waals surface area contributed by atoms with Crippen LogP contribution in [0.15, 0.2) is 48.5 Å². The molecule has 3 N–H and O–H groups in total. The molecule has 2 heterocycles. The number of hydrogen-bond donors (Lipinski definition) is 3. The molecule has 6 nitrogen and oxygen atoms in total. The fraction of sp³-hybridized carbons (Fsp3) is 0.440. The maximum absolute atomic E-state index is 13.7. The van der Waals surface area contributed by atoms with Crippen LogP contribution in [-0.2, 0) is 22.6 Å². The van der Waals surface area contributed by atoms with E-state index in [1.54, 1.807) is 4.90 Å². The predicted molar refractivity (Wildman–Crippen MR) is 119 cm³/mol. The Balaban J connectivity index is 1.44. The van der Waals surface area contributed by atoms with Crippen molar-refractivity contribution in [2.75, 3.05) is 13.1 Å². The SMILES string of the molecule is O=C(N[C@@H](Cc1cc(F)cc(F)c1)[C@H](O)[C@H]1CCCN1)[C@H]1CC(=O)N(Cc2ccccc2)C1. The van der Waals surface area contributed by atoms with Crippen LogP contribution < -0.4 is 10.6 Å². The Hall–Kier alpha value is -2.84. The lowest BCUT2D eigenvalue weighted by atomic mass is 9.94. The Morgan fingerprint density at radius 2 is 1.88 bits per heavy atom. The Morgan fingerprint density at radius 3 is 2.55 bits per heavy atom. The summed E-state index contributed by atoms with van der Waals surface area (Å²) in [5.74, 6) is -2.39. The van der Waals surface area contributed by atoms with E-state index >= 15 is 0 Å². The third-order valence-electron chi connectivity index (χ3n) is 6.43. The largest absolute Gasteiger partial charge is 0.389 e. The zero-order valence-corrected chi connectivity index (χ0v) is 18.3. The molecule has 4 rings (SSSR count). The van der Waals surface area contributed by atoms with Crippen molar-refractivity contribution < 1.29 is 23.5 Å². The van der Waals surface area contributed by atoms with Crippen molar-refractivity contribution in [2.45, 2.75) is 50.4 Å². The number of carbonyl (C=O) groups excluding carboxylic acids is 2. The molecule has 2 fully saturated rings. The van der Waals surface area contributed by atoms with E-state index in [2.05, 4.69) is 10.6 Å². The Labute approximate surface area is 192 Å².